The van der Waals surface area contributed by atoms with E-state index in [1.165, 1.54) is 12.8 Å². The monoisotopic (exact) mass is 243 g/mol. The van der Waals surface area contributed by atoms with Gasteiger partial charge in [-0.1, -0.05) is 26.2 Å². The van der Waals surface area contributed by atoms with Gasteiger partial charge in [0.05, 0.1) is 11.5 Å². The predicted octanol–water partition coefficient (Wildman–Crippen LogP) is 3.65. The minimum absolute atomic E-state index is 0.219. The van der Waals surface area contributed by atoms with E-state index in [1.54, 1.807) is 0 Å². The molecule has 0 bridgehead atoms. The summed E-state index contributed by atoms with van der Waals surface area (Å²) in [5.41, 5.74) is -0.219. The number of hydrogen-bond donors (Lipinski definition) is 0. The number of hydrogen-bond acceptors (Lipinski definition) is 2. The van der Waals surface area contributed by atoms with Gasteiger partial charge in [0.15, 0.2) is 0 Å². The van der Waals surface area contributed by atoms with E-state index < -0.39 is 10.8 Å². The van der Waals surface area contributed by atoms with Crippen molar-refractivity contribution in [2.24, 2.45) is 5.41 Å². The largest absolute Gasteiger partial charge is 0.260 e. The van der Waals surface area contributed by atoms with Gasteiger partial charge in [-0.25, -0.2) is 0 Å². The van der Waals surface area contributed by atoms with Crippen LogP contribution < -0.4 is 0 Å². The molecule has 0 aliphatic heterocycles. The molecule has 0 saturated heterocycles. The van der Waals surface area contributed by atoms with E-state index in [0.29, 0.717) is 0 Å². The van der Waals surface area contributed by atoms with E-state index in [4.69, 9.17) is 5.26 Å². The van der Waals surface area contributed by atoms with E-state index in [9.17, 15) is 4.21 Å². The Bertz CT molecular complexity index is 243. The normalized spacial score (nSPS) is 13.4. The maximum atomic E-state index is 11.6. The molecule has 0 heterocycles. The van der Waals surface area contributed by atoms with Crippen molar-refractivity contribution in [3.05, 3.63) is 0 Å². The molecule has 0 rings (SSSR count). The SMILES string of the molecule is CCCCCS(=O)CCCCC(C)(C)C#N. The molecule has 0 saturated carbocycles. The topological polar surface area (TPSA) is 40.9 Å². The average molecular weight is 243 g/mol. The molecule has 0 amide bonds. The van der Waals surface area contributed by atoms with Gasteiger partial charge in [-0.3, -0.25) is 4.21 Å². The number of rotatable bonds is 9. The lowest BCUT2D eigenvalue weighted by Crippen LogP contribution is -2.09. The van der Waals surface area contributed by atoms with Crippen molar-refractivity contribution in [2.45, 2.75) is 59.3 Å². The van der Waals surface area contributed by atoms with Crippen LogP contribution in [0, 0.1) is 16.7 Å². The number of nitriles is 1. The first-order valence-corrected chi connectivity index (χ1v) is 7.77. The molecule has 0 aromatic carbocycles. The Morgan fingerprint density at radius 2 is 1.69 bits per heavy atom. The predicted molar refractivity (Wildman–Crippen MR) is 70.6 cm³/mol. The van der Waals surface area contributed by atoms with Gasteiger partial charge in [0.2, 0.25) is 0 Å². The van der Waals surface area contributed by atoms with E-state index in [0.717, 1.165) is 37.2 Å². The highest BCUT2D eigenvalue weighted by Crippen LogP contribution is 2.21. The van der Waals surface area contributed by atoms with E-state index in [2.05, 4.69) is 13.0 Å². The quantitative estimate of drug-likeness (QED) is 0.580. The lowest BCUT2D eigenvalue weighted by Gasteiger charge is -2.13. The molecule has 1 unspecified atom stereocenters. The highest BCUT2D eigenvalue weighted by atomic mass is 32.2. The van der Waals surface area contributed by atoms with E-state index in [1.807, 2.05) is 13.8 Å². The molecule has 1 atom stereocenters. The molecule has 94 valence electrons. The molecule has 0 aliphatic carbocycles. The zero-order valence-corrected chi connectivity index (χ0v) is 11.7. The Labute approximate surface area is 103 Å². The molecule has 0 spiro atoms. The van der Waals surface area contributed by atoms with Crippen LogP contribution in [0.4, 0.5) is 0 Å². The molecule has 0 aliphatic rings. The second kappa shape index (κ2) is 8.75. The second-order valence-electron chi connectivity index (χ2n) is 5.01. The molecule has 0 aromatic rings. The fourth-order valence-corrected chi connectivity index (χ4v) is 2.76. The van der Waals surface area contributed by atoms with Crippen LogP contribution >= 0.6 is 0 Å². The summed E-state index contributed by atoms with van der Waals surface area (Å²) >= 11 is 0. The van der Waals surface area contributed by atoms with Crippen molar-refractivity contribution in [1.82, 2.24) is 0 Å². The Kier molecular flexibility index (Phi) is 8.56. The maximum absolute atomic E-state index is 11.6. The zero-order valence-electron chi connectivity index (χ0n) is 10.9. The lowest BCUT2D eigenvalue weighted by molar-refractivity contribution is 0.432. The first-order chi connectivity index (χ1) is 7.52. The van der Waals surface area contributed by atoms with Crippen molar-refractivity contribution in [3.8, 4) is 6.07 Å². The highest BCUT2D eigenvalue weighted by molar-refractivity contribution is 7.84. The summed E-state index contributed by atoms with van der Waals surface area (Å²) in [5, 5.41) is 8.84. The van der Waals surface area contributed by atoms with Crippen LogP contribution in [0.1, 0.15) is 59.3 Å². The van der Waals surface area contributed by atoms with Crippen molar-refractivity contribution < 1.29 is 4.21 Å². The summed E-state index contributed by atoms with van der Waals surface area (Å²) in [6.07, 6.45) is 6.38. The minimum Gasteiger partial charge on any atom is -0.260 e. The van der Waals surface area contributed by atoms with Crippen LogP contribution in [0.5, 0.6) is 0 Å². The van der Waals surface area contributed by atoms with E-state index >= 15 is 0 Å². The third-order valence-electron chi connectivity index (χ3n) is 2.70. The Hall–Kier alpha value is -0.360. The fraction of sp³-hybridized carbons (Fsp3) is 0.923. The fourth-order valence-electron chi connectivity index (χ4n) is 1.50. The van der Waals surface area contributed by atoms with Gasteiger partial charge in [0, 0.05) is 22.3 Å². The molecule has 0 fully saturated rings. The smallest absolute Gasteiger partial charge is 0.0683 e. The summed E-state index contributed by atoms with van der Waals surface area (Å²) in [4.78, 5) is 0. The van der Waals surface area contributed by atoms with E-state index in [-0.39, 0.29) is 5.41 Å². The van der Waals surface area contributed by atoms with Crippen LogP contribution in [0.15, 0.2) is 0 Å². The van der Waals surface area contributed by atoms with Gasteiger partial charge in [0.1, 0.15) is 0 Å². The molecule has 3 heteroatoms. The van der Waals surface area contributed by atoms with Crippen LogP contribution in [-0.2, 0) is 10.8 Å². The Morgan fingerprint density at radius 3 is 2.19 bits per heavy atom. The summed E-state index contributed by atoms with van der Waals surface area (Å²) in [5.74, 6) is 1.67. The van der Waals surface area contributed by atoms with Crippen molar-refractivity contribution in [2.75, 3.05) is 11.5 Å². The average Bonchev–Trinajstić information content (AvgIpc) is 2.25. The second-order valence-corrected chi connectivity index (χ2v) is 6.70. The standard InChI is InChI=1S/C13H25NOS/c1-4-5-7-10-16(15)11-8-6-9-13(2,3)12-14/h4-11H2,1-3H3. The van der Waals surface area contributed by atoms with Crippen molar-refractivity contribution in [1.29, 1.82) is 5.26 Å². The van der Waals surface area contributed by atoms with Crippen LogP contribution in [-0.4, -0.2) is 15.7 Å². The molecular weight excluding hydrogens is 218 g/mol. The molecule has 0 radical (unpaired) electrons. The zero-order chi connectivity index (χ0) is 12.4. The molecule has 2 nitrogen and oxygen atoms in total. The van der Waals surface area contributed by atoms with Gasteiger partial charge in [-0.05, 0) is 33.1 Å². The van der Waals surface area contributed by atoms with Crippen LogP contribution in [0.25, 0.3) is 0 Å². The number of unbranched alkanes of at least 4 members (excludes halogenated alkanes) is 3. The van der Waals surface area contributed by atoms with Crippen LogP contribution in [0.3, 0.4) is 0 Å². The number of nitrogens with zero attached hydrogens (tertiary/aromatic N) is 1. The van der Waals surface area contributed by atoms with Crippen molar-refractivity contribution in [3.63, 3.8) is 0 Å². The summed E-state index contributed by atoms with van der Waals surface area (Å²) in [6.45, 7) is 6.09. The maximum Gasteiger partial charge on any atom is 0.0683 e. The Morgan fingerprint density at radius 1 is 1.12 bits per heavy atom. The lowest BCUT2D eigenvalue weighted by atomic mass is 9.89. The molecule has 16 heavy (non-hydrogen) atoms. The molecule has 0 aromatic heterocycles. The third-order valence-corrected chi connectivity index (χ3v) is 4.19. The van der Waals surface area contributed by atoms with Crippen LogP contribution in [0.2, 0.25) is 0 Å². The third kappa shape index (κ3) is 8.91. The van der Waals surface area contributed by atoms with Gasteiger partial charge < -0.3 is 0 Å². The van der Waals surface area contributed by atoms with Gasteiger partial charge in [0.25, 0.3) is 0 Å². The summed E-state index contributed by atoms with van der Waals surface area (Å²) in [6, 6.07) is 2.30. The minimum atomic E-state index is -0.635. The van der Waals surface area contributed by atoms with Gasteiger partial charge >= 0.3 is 0 Å². The first kappa shape index (κ1) is 15.6. The van der Waals surface area contributed by atoms with Gasteiger partial charge in [-0.15, -0.1) is 0 Å². The first-order valence-electron chi connectivity index (χ1n) is 6.28. The Balaban J connectivity index is 3.45. The van der Waals surface area contributed by atoms with Crippen molar-refractivity contribution >= 4 is 10.8 Å². The van der Waals surface area contributed by atoms with Gasteiger partial charge in [-0.2, -0.15) is 5.26 Å². The summed E-state index contributed by atoms with van der Waals surface area (Å²) in [7, 11) is -0.635. The molecule has 0 N–H and O–H groups in total. The summed E-state index contributed by atoms with van der Waals surface area (Å²) < 4.78 is 11.6. The highest BCUT2D eigenvalue weighted by Gasteiger charge is 2.15. The molecular formula is C13H25NOS.